The number of fused-ring (bicyclic) bond motifs is 2. The first-order valence-corrected chi connectivity index (χ1v) is 15.7. The van der Waals surface area contributed by atoms with Crippen LogP contribution in [0.1, 0.15) is 45.3 Å². The van der Waals surface area contributed by atoms with Gasteiger partial charge in [-0.05, 0) is 38.8 Å². The summed E-state index contributed by atoms with van der Waals surface area (Å²) in [7, 11) is 1.50. The lowest BCUT2D eigenvalue weighted by Crippen LogP contribution is -2.59. The summed E-state index contributed by atoms with van der Waals surface area (Å²) in [5.74, 6) is -3.89. The fourth-order valence-corrected chi connectivity index (χ4v) is 7.60. The fourth-order valence-electron chi connectivity index (χ4n) is 6.86. The number of nitrogens with one attached hydrogen (secondary N) is 1. The van der Waals surface area contributed by atoms with Crippen molar-refractivity contribution in [1.82, 2.24) is 15.1 Å². The molecule has 2 saturated heterocycles. The van der Waals surface area contributed by atoms with Gasteiger partial charge >= 0.3 is 5.97 Å². The number of aliphatic hydroxyl groups excluding tert-OH is 1. The third-order valence-electron chi connectivity index (χ3n) is 8.77. The monoisotopic (exact) mass is 673 g/mol. The summed E-state index contributed by atoms with van der Waals surface area (Å²) in [6, 6.07) is 7.21. The summed E-state index contributed by atoms with van der Waals surface area (Å²) in [4.78, 5) is 58.9. The third kappa shape index (κ3) is 5.73. The number of amides is 3. The van der Waals surface area contributed by atoms with Crippen LogP contribution in [0.4, 0.5) is 0 Å². The zero-order chi connectivity index (χ0) is 31.8. The molecule has 5 rings (SSSR count). The minimum absolute atomic E-state index is 0.0658. The Bertz CT molecular complexity index is 1340. The predicted octanol–water partition coefficient (Wildman–Crippen LogP) is 2.24. The van der Waals surface area contributed by atoms with Crippen LogP contribution in [-0.2, 0) is 33.4 Å². The number of carbonyl (C=O) groups is 4. The van der Waals surface area contributed by atoms with Gasteiger partial charge in [0.15, 0.2) is 0 Å². The molecule has 11 nitrogen and oxygen atoms in total. The molecule has 0 saturated carbocycles. The van der Waals surface area contributed by atoms with Gasteiger partial charge in [-0.2, -0.15) is 0 Å². The van der Waals surface area contributed by atoms with Crippen LogP contribution in [0.3, 0.4) is 0 Å². The van der Waals surface area contributed by atoms with Gasteiger partial charge in [0.1, 0.15) is 29.8 Å². The Balaban J connectivity index is 1.63. The summed E-state index contributed by atoms with van der Waals surface area (Å²) >= 11 is 3.55. The zero-order valence-electron chi connectivity index (χ0n) is 25.4. The molecule has 4 aliphatic rings. The van der Waals surface area contributed by atoms with E-state index in [9.17, 15) is 24.3 Å². The van der Waals surface area contributed by atoms with Crippen LogP contribution in [-0.4, -0.2) is 101 Å². The van der Waals surface area contributed by atoms with Crippen LogP contribution >= 0.6 is 15.9 Å². The highest BCUT2D eigenvalue weighted by Crippen LogP contribution is 2.59. The molecule has 1 aromatic carbocycles. The number of aliphatic hydroxyl groups is 1. The van der Waals surface area contributed by atoms with E-state index < -0.39 is 59.1 Å². The first kappa shape index (κ1) is 32.3. The lowest BCUT2D eigenvalue weighted by atomic mass is 9.74. The Morgan fingerprint density at radius 1 is 1.09 bits per heavy atom. The maximum Gasteiger partial charge on any atom is 0.313 e. The van der Waals surface area contributed by atoms with Gasteiger partial charge in [-0.15, -0.1) is 0 Å². The molecule has 12 heteroatoms. The maximum absolute atomic E-state index is 14.5. The zero-order valence-corrected chi connectivity index (χ0v) is 27.0. The van der Waals surface area contributed by atoms with Crippen molar-refractivity contribution in [1.29, 1.82) is 0 Å². The predicted molar refractivity (Wildman–Crippen MR) is 163 cm³/mol. The number of allylic oxidation sites excluding steroid dienone is 1. The van der Waals surface area contributed by atoms with Crippen LogP contribution in [0.5, 0.6) is 0 Å². The first-order chi connectivity index (χ1) is 20.9. The lowest BCUT2D eigenvalue weighted by Gasteiger charge is -2.41. The van der Waals surface area contributed by atoms with Gasteiger partial charge in [-0.1, -0.05) is 58.4 Å². The molecule has 0 unspecified atom stereocenters. The molecule has 1 aromatic rings. The minimum atomic E-state index is -1.44. The Morgan fingerprint density at radius 2 is 1.82 bits per heavy atom. The number of esters is 1. The molecule has 0 aliphatic carbocycles. The number of cyclic esters (lactones) is 1. The van der Waals surface area contributed by atoms with Gasteiger partial charge in [-0.3, -0.25) is 19.2 Å². The normalized spacial score (nSPS) is 33.6. The van der Waals surface area contributed by atoms with Crippen molar-refractivity contribution < 1.29 is 38.5 Å². The van der Waals surface area contributed by atoms with Gasteiger partial charge < -0.3 is 34.4 Å². The van der Waals surface area contributed by atoms with E-state index in [0.29, 0.717) is 16.5 Å². The van der Waals surface area contributed by atoms with E-state index in [1.807, 2.05) is 51.1 Å². The Morgan fingerprint density at radius 3 is 2.48 bits per heavy atom. The average Bonchev–Trinajstić information content (AvgIpc) is 3.56. The molecule has 5 bridgehead atoms. The highest BCUT2D eigenvalue weighted by atomic mass is 79.9. The smallest absolute Gasteiger partial charge is 0.313 e. The summed E-state index contributed by atoms with van der Waals surface area (Å²) in [5, 5.41) is 12.9. The van der Waals surface area contributed by atoms with E-state index in [1.165, 1.54) is 12.0 Å². The Labute approximate surface area is 265 Å². The third-order valence-corrected chi connectivity index (χ3v) is 9.45. The minimum Gasteiger partial charge on any atom is -0.455 e. The summed E-state index contributed by atoms with van der Waals surface area (Å²) in [6.45, 7) is 5.52. The number of rotatable bonds is 5. The fraction of sp³-hybridized carbons (Fsp3) is 0.562. The van der Waals surface area contributed by atoms with E-state index in [4.69, 9.17) is 14.2 Å². The van der Waals surface area contributed by atoms with Crippen molar-refractivity contribution in [2.45, 2.75) is 69.0 Å². The molecular weight excluding hydrogens is 634 g/mol. The molecule has 4 aliphatic heterocycles. The second-order valence-electron chi connectivity index (χ2n) is 12.6. The average molecular weight is 675 g/mol. The van der Waals surface area contributed by atoms with Crippen molar-refractivity contribution in [2.75, 3.05) is 33.4 Å². The number of ether oxygens (including phenoxy) is 3. The molecule has 7 atom stereocenters. The molecule has 4 heterocycles. The number of halogens is 1. The lowest BCUT2D eigenvalue weighted by molar-refractivity contribution is -0.162. The number of benzene rings is 1. The second kappa shape index (κ2) is 12.7. The van der Waals surface area contributed by atoms with Gasteiger partial charge in [0, 0.05) is 36.6 Å². The molecule has 0 aromatic heterocycles. The Kier molecular flexibility index (Phi) is 9.36. The number of nitrogens with zero attached hydrogens (tertiary/aromatic N) is 2. The molecule has 0 radical (unpaired) electrons. The van der Waals surface area contributed by atoms with Gasteiger partial charge in [0.25, 0.3) is 0 Å². The molecule has 44 heavy (non-hydrogen) atoms. The molecule has 3 amide bonds. The van der Waals surface area contributed by atoms with Crippen LogP contribution in [0.25, 0.3) is 0 Å². The van der Waals surface area contributed by atoms with E-state index in [1.54, 1.807) is 23.1 Å². The van der Waals surface area contributed by atoms with E-state index in [0.717, 1.165) is 0 Å². The number of β-amino-alcohol motifs (C(OH)–C–C–N with tert-alkyl or cyclic N) is 1. The van der Waals surface area contributed by atoms with Crippen molar-refractivity contribution in [3.8, 4) is 0 Å². The van der Waals surface area contributed by atoms with Crippen LogP contribution in [0, 0.1) is 11.8 Å². The van der Waals surface area contributed by atoms with E-state index in [2.05, 4.69) is 21.2 Å². The number of hydrogen-bond donors (Lipinski definition) is 2. The van der Waals surface area contributed by atoms with Crippen molar-refractivity contribution in [3.63, 3.8) is 0 Å². The Hall–Kier alpha value is -3.06. The quantitative estimate of drug-likeness (QED) is 0.359. The van der Waals surface area contributed by atoms with E-state index in [-0.39, 0.29) is 44.5 Å². The maximum atomic E-state index is 14.5. The van der Waals surface area contributed by atoms with Crippen molar-refractivity contribution in [3.05, 3.63) is 58.6 Å². The van der Waals surface area contributed by atoms with Gasteiger partial charge in [0.05, 0.1) is 25.2 Å². The molecule has 2 fully saturated rings. The largest absolute Gasteiger partial charge is 0.455 e. The summed E-state index contributed by atoms with van der Waals surface area (Å²) in [5.41, 5.74) is -1.45. The molecule has 238 valence electrons. The van der Waals surface area contributed by atoms with Crippen LogP contribution in [0.2, 0.25) is 0 Å². The number of hydrogen-bond acceptors (Lipinski definition) is 8. The van der Waals surface area contributed by atoms with Crippen molar-refractivity contribution in [2.24, 2.45) is 11.8 Å². The molecule has 1 spiro atoms. The summed E-state index contributed by atoms with van der Waals surface area (Å²) < 4.78 is 18.7. The number of likely N-dealkylation sites (tertiary alicyclic amines) is 1. The van der Waals surface area contributed by atoms with Crippen LogP contribution in [0.15, 0.2) is 53.0 Å². The standard InChI is InChI=1S/C32H40BrN3O8/c1-31(2,3)36-14-10-6-9-13-22(38)34-21(18-42-4)25(19-11-7-5-8-12-19)43-30(41)23-24-28(39)35(15-16-37)27(29(36)40)32(24)17-20(33)26(23)44-32/h5-8,10-12,17,21,23-27,37H,9,13-16,18H2,1-4H3,(H,34,38)/b10-6-/t21-,23+,24-,25-,26+,27+,32-/m1/s1. The molecule has 2 N–H and O–H groups in total. The number of carbonyl (C=O) groups excluding carboxylic acids is 4. The highest BCUT2D eigenvalue weighted by Gasteiger charge is 2.75. The topological polar surface area (TPSA) is 135 Å². The first-order valence-electron chi connectivity index (χ1n) is 14.9. The van der Waals surface area contributed by atoms with Crippen LogP contribution < -0.4 is 5.32 Å². The SMILES string of the molecule is COC[C@H]1NC(=O)CC/C=C\CN(C(C)(C)C)C(=O)[C@@H]2N(CCO)C(=O)[C@H]3[C@H](C(=O)O[C@@H]1c1ccccc1)[C@H]1O[C@@]23C=C1Br. The molecular formula is C32H40BrN3O8. The van der Waals surface area contributed by atoms with E-state index >= 15 is 0 Å². The van der Waals surface area contributed by atoms with Crippen molar-refractivity contribution >= 4 is 39.6 Å². The number of methoxy groups -OCH3 is 1. The van der Waals surface area contributed by atoms with Gasteiger partial charge in [0.2, 0.25) is 17.7 Å². The highest BCUT2D eigenvalue weighted by molar-refractivity contribution is 9.11. The van der Waals surface area contributed by atoms with Gasteiger partial charge in [-0.25, -0.2) is 0 Å². The summed E-state index contributed by atoms with van der Waals surface area (Å²) in [6.07, 6.45) is 4.23. The second-order valence-corrected chi connectivity index (χ2v) is 13.5.